The van der Waals surface area contributed by atoms with Crippen molar-refractivity contribution in [1.29, 1.82) is 0 Å². The number of hydrogen-bond acceptors (Lipinski definition) is 2. The van der Waals surface area contributed by atoms with Gasteiger partial charge in [-0.05, 0) is 12.5 Å². The molecule has 78 valence electrons. The predicted molar refractivity (Wildman–Crippen MR) is 59.8 cm³/mol. The molecule has 2 nitrogen and oxygen atoms in total. The summed E-state index contributed by atoms with van der Waals surface area (Å²) in [5.41, 5.74) is 0. The number of hydrogen-bond donors (Lipinski definition) is 0. The Balaban J connectivity index is 4.01. The van der Waals surface area contributed by atoms with Crippen LogP contribution >= 0.6 is 0 Å². The molecule has 0 fully saturated rings. The zero-order valence-electron chi connectivity index (χ0n) is 9.12. The molecule has 0 N–H and O–H groups in total. The summed E-state index contributed by atoms with van der Waals surface area (Å²) in [5.74, 6) is 2.72. The molecule has 0 atom stereocenters. The largest absolute Gasteiger partial charge is 0.366 e. The molecule has 0 aromatic carbocycles. The maximum Gasteiger partial charge on any atom is 0.156 e. The monoisotopic (exact) mass is 193 g/mol. The van der Waals surface area contributed by atoms with Gasteiger partial charge >= 0.3 is 0 Å². The Labute approximate surface area is 87.0 Å². The van der Waals surface area contributed by atoms with E-state index in [2.05, 4.69) is 12.8 Å². The van der Waals surface area contributed by atoms with E-state index in [4.69, 9.17) is 6.42 Å². The third-order valence-corrected chi connectivity index (χ3v) is 1.91. The highest BCUT2D eigenvalue weighted by Crippen LogP contribution is 1.96. The second-order valence-electron chi connectivity index (χ2n) is 3.16. The number of nitrogens with zero attached hydrogens (tertiary/aromatic N) is 1. The number of terminal acetylenes is 1. The first-order valence-corrected chi connectivity index (χ1v) is 5.13. The van der Waals surface area contributed by atoms with Crippen LogP contribution in [-0.4, -0.2) is 23.8 Å². The molecule has 0 aliphatic carbocycles. The summed E-state index contributed by atoms with van der Waals surface area (Å²) in [6.45, 7) is 5.49. The SMILES string of the molecule is C#CCN(/C=C/C(=O)CC)CCCC. The molecule has 0 bridgehead atoms. The normalized spacial score (nSPS) is 10.1. The van der Waals surface area contributed by atoms with E-state index in [1.165, 1.54) is 0 Å². The van der Waals surface area contributed by atoms with Crippen molar-refractivity contribution >= 4 is 5.78 Å². The van der Waals surface area contributed by atoms with Gasteiger partial charge in [0, 0.05) is 19.2 Å². The Morgan fingerprint density at radius 1 is 1.50 bits per heavy atom. The molecular weight excluding hydrogens is 174 g/mol. The maximum absolute atomic E-state index is 11.0. The van der Waals surface area contributed by atoms with Crippen LogP contribution in [0.25, 0.3) is 0 Å². The zero-order valence-corrected chi connectivity index (χ0v) is 9.12. The highest BCUT2D eigenvalue weighted by Gasteiger charge is 1.96. The molecule has 0 aromatic rings. The Kier molecular flexibility index (Phi) is 7.64. The Morgan fingerprint density at radius 3 is 2.71 bits per heavy atom. The molecule has 0 unspecified atom stereocenters. The molecule has 0 amide bonds. The van der Waals surface area contributed by atoms with Gasteiger partial charge < -0.3 is 4.90 Å². The van der Waals surface area contributed by atoms with E-state index in [1.54, 1.807) is 12.3 Å². The lowest BCUT2D eigenvalue weighted by atomic mass is 10.3. The van der Waals surface area contributed by atoms with E-state index < -0.39 is 0 Å². The van der Waals surface area contributed by atoms with Gasteiger partial charge in [0.05, 0.1) is 6.54 Å². The lowest BCUT2D eigenvalue weighted by Gasteiger charge is -2.16. The third kappa shape index (κ3) is 6.30. The van der Waals surface area contributed by atoms with E-state index in [-0.39, 0.29) is 5.78 Å². The smallest absolute Gasteiger partial charge is 0.156 e. The topological polar surface area (TPSA) is 20.3 Å². The number of carbonyl (C=O) groups excluding carboxylic acids is 1. The Hall–Kier alpha value is -1.23. The van der Waals surface area contributed by atoms with Crippen molar-refractivity contribution in [3.63, 3.8) is 0 Å². The molecule has 0 saturated heterocycles. The van der Waals surface area contributed by atoms with Gasteiger partial charge in [-0.25, -0.2) is 0 Å². The van der Waals surface area contributed by atoms with Gasteiger partial charge in [-0.3, -0.25) is 4.79 Å². The Morgan fingerprint density at radius 2 is 2.21 bits per heavy atom. The van der Waals surface area contributed by atoms with Crippen molar-refractivity contribution in [2.24, 2.45) is 0 Å². The molecule has 0 saturated carbocycles. The second-order valence-corrected chi connectivity index (χ2v) is 3.16. The van der Waals surface area contributed by atoms with Crippen LogP contribution in [0.5, 0.6) is 0 Å². The van der Waals surface area contributed by atoms with Crippen molar-refractivity contribution in [2.45, 2.75) is 33.1 Å². The number of unbranched alkanes of at least 4 members (excludes halogenated alkanes) is 1. The van der Waals surface area contributed by atoms with Crippen molar-refractivity contribution < 1.29 is 4.79 Å². The van der Waals surface area contributed by atoms with Crippen LogP contribution in [0.3, 0.4) is 0 Å². The lowest BCUT2D eigenvalue weighted by molar-refractivity contribution is -0.114. The Bertz CT molecular complexity index is 225. The van der Waals surface area contributed by atoms with Crippen LogP contribution in [0.2, 0.25) is 0 Å². The van der Waals surface area contributed by atoms with Crippen LogP contribution in [0.1, 0.15) is 33.1 Å². The van der Waals surface area contributed by atoms with Gasteiger partial charge in [-0.1, -0.05) is 26.2 Å². The molecule has 0 radical (unpaired) electrons. The number of carbonyl (C=O) groups is 1. The fourth-order valence-corrected chi connectivity index (χ4v) is 0.991. The number of allylic oxidation sites excluding steroid dienone is 1. The van der Waals surface area contributed by atoms with Crippen molar-refractivity contribution in [1.82, 2.24) is 4.90 Å². The second kappa shape index (κ2) is 8.37. The van der Waals surface area contributed by atoms with E-state index in [1.807, 2.05) is 11.8 Å². The molecule has 0 heterocycles. The van der Waals surface area contributed by atoms with Gasteiger partial charge in [0.2, 0.25) is 0 Å². The summed E-state index contributed by atoms with van der Waals surface area (Å²) in [6.07, 6.45) is 11.4. The van der Waals surface area contributed by atoms with Gasteiger partial charge in [0.1, 0.15) is 0 Å². The highest BCUT2D eigenvalue weighted by atomic mass is 16.1. The fraction of sp³-hybridized carbons (Fsp3) is 0.583. The van der Waals surface area contributed by atoms with Gasteiger partial charge in [-0.2, -0.15) is 0 Å². The molecular formula is C12H19NO. The molecule has 0 aliphatic heterocycles. The van der Waals surface area contributed by atoms with Gasteiger partial charge in [-0.15, -0.1) is 6.42 Å². The van der Waals surface area contributed by atoms with Gasteiger partial charge in [0.25, 0.3) is 0 Å². The summed E-state index contributed by atoms with van der Waals surface area (Å²) in [5, 5.41) is 0. The summed E-state index contributed by atoms with van der Waals surface area (Å²) in [7, 11) is 0. The highest BCUT2D eigenvalue weighted by molar-refractivity contribution is 5.89. The first kappa shape index (κ1) is 12.8. The molecule has 2 heteroatoms. The molecule has 14 heavy (non-hydrogen) atoms. The predicted octanol–water partition coefficient (Wildman–Crippen LogP) is 2.21. The van der Waals surface area contributed by atoms with Crippen molar-refractivity contribution in [2.75, 3.05) is 13.1 Å². The minimum Gasteiger partial charge on any atom is -0.366 e. The molecule has 0 rings (SSSR count). The van der Waals surface area contributed by atoms with Crippen LogP contribution in [-0.2, 0) is 4.79 Å². The minimum absolute atomic E-state index is 0.142. The maximum atomic E-state index is 11.0. The average molecular weight is 193 g/mol. The summed E-state index contributed by atoms with van der Waals surface area (Å²) >= 11 is 0. The minimum atomic E-state index is 0.142. The van der Waals surface area contributed by atoms with E-state index in [0.29, 0.717) is 13.0 Å². The van der Waals surface area contributed by atoms with Crippen LogP contribution in [0.4, 0.5) is 0 Å². The number of rotatable bonds is 7. The van der Waals surface area contributed by atoms with Crippen LogP contribution in [0.15, 0.2) is 12.3 Å². The lowest BCUT2D eigenvalue weighted by Crippen LogP contribution is -2.19. The van der Waals surface area contributed by atoms with Crippen LogP contribution in [0, 0.1) is 12.3 Å². The summed E-state index contributed by atoms with van der Waals surface area (Å²) in [6, 6.07) is 0. The first-order valence-electron chi connectivity index (χ1n) is 5.13. The van der Waals surface area contributed by atoms with E-state index in [9.17, 15) is 4.79 Å². The summed E-state index contributed by atoms with van der Waals surface area (Å²) < 4.78 is 0. The average Bonchev–Trinajstić information content (AvgIpc) is 2.21. The van der Waals surface area contributed by atoms with Crippen molar-refractivity contribution in [3.8, 4) is 12.3 Å². The third-order valence-electron chi connectivity index (χ3n) is 1.91. The molecule has 0 aliphatic rings. The molecule has 0 spiro atoms. The fourth-order valence-electron chi connectivity index (χ4n) is 0.991. The molecule has 0 aromatic heterocycles. The van der Waals surface area contributed by atoms with Crippen molar-refractivity contribution in [3.05, 3.63) is 12.3 Å². The van der Waals surface area contributed by atoms with Crippen LogP contribution < -0.4 is 0 Å². The van der Waals surface area contributed by atoms with E-state index >= 15 is 0 Å². The standard InChI is InChI=1S/C12H19NO/c1-4-7-10-13(9-5-2)11-8-12(14)6-3/h2,8,11H,4,6-7,9-10H2,1,3H3/b11-8+. The zero-order chi connectivity index (χ0) is 10.8. The number of ketones is 1. The summed E-state index contributed by atoms with van der Waals surface area (Å²) in [4.78, 5) is 13.0. The first-order chi connectivity index (χ1) is 6.74. The van der Waals surface area contributed by atoms with E-state index in [0.717, 1.165) is 19.4 Å². The quantitative estimate of drug-likeness (QED) is 0.456. The van der Waals surface area contributed by atoms with Gasteiger partial charge in [0.15, 0.2) is 5.78 Å².